The molecule has 124 valence electrons. The van der Waals surface area contributed by atoms with Crippen LogP contribution in [0.5, 0.6) is 0 Å². The molecule has 2 amide bonds. The first-order chi connectivity index (χ1) is 11.6. The van der Waals surface area contributed by atoms with E-state index in [0.717, 1.165) is 6.42 Å². The van der Waals surface area contributed by atoms with Crippen molar-refractivity contribution in [2.75, 3.05) is 11.4 Å². The third-order valence-electron chi connectivity index (χ3n) is 3.96. The molecule has 2 aromatic rings. The first kappa shape index (κ1) is 17.0. The van der Waals surface area contributed by atoms with Crippen molar-refractivity contribution in [2.45, 2.75) is 18.9 Å². The summed E-state index contributed by atoms with van der Waals surface area (Å²) in [6, 6.07) is 14.2. The first-order valence-electron chi connectivity index (χ1n) is 7.65. The Kier molecular flexibility index (Phi) is 5.19. The van der Waals surface area contributed by atoms with Crippen LogP contribution in [0.1, 0.15) is 12.0 Å². The van der Waals surface area contributed by atoms with Crippen LogP contribution in [0.2, 0.25) is 10.0 Å². The molecule has 6 heteroatoms. The Morgan fingerprint density at radius 1 is 1.04 bits per heavy atom. The van der Waals surface area contributed by atoms with Crippen molar-refractivity contribution in [3.05, 3.63) is 64.1 Å². The number of hydrogen-bond donors (Lipinski definition) is 1. The summed E-state index contributed by atoms with van der Waals surface area (Å²) < 4.78 is 0. The molecule has 1 N–H and O–H groups in total. The number of nitrogens with one attached hydrogen (secondary N) is 1. The number of carbonyl (C=O) groups excluding carboxylic acids is 2. The van der Waals surface area contributed by atoms with Gasteiger partial charge in [-0.2, -0.15) is 0 Å². The lowest BCUT2D eigenvalue weighted by molar-refractivity contribution is -0.121. The summed E-state index contributed by atoms with van der Waals surface area (Å²) in [7, 11) is 0. The van der Waals surface area contributed by atoms with E-state index in [1.807, 2.05) is 30.3 Å². The molecule has 1 fully saturated rings. The van der Waals surface area contributed by atoms with Crippen LogP contribution >= 0.6 is 23.2 Å². The van der Waals surface area contributed by atoms with Crippen molar-refractivity contribution in [1.82, 2.24) is 5.32 Å². The number of anilines is 1. The van der Waals surface area contributed by atoms with Gasteiger partial charge in [-0.05, 0) is 36.7 Å². The van der Waals surface area contributed by atoms with Crippen molar-refractivity contribution < 1.29 is 9.59 Å². The van der Waals surface area contributed by atoms with Crippen LogP contribution < -0.4 is 10.2 Å². The number of carbonyl (C=O) groups is 2. The molecule has 0 saturated carbocycles. The molecular weight excluding hydrogens is 347 g/mol. The molecule has 0 aromatic heterocycles. The number of rotatable bonds is 5. The van der Waals surface area contributed by atoms with Gasteiger partial charge < -0.3 is 5.32 Å². The zero-order valence-electron chi connectivity index (χ0n) is 12.8. The van der Waals surface area contributed by atoms with Gasteiger partial charge in [0.15, 0.2) is 0 Å². The molecule has 2 aromatic carbocycles. The van der Waals surface area contributed by atoms with Crippen LogP contribution in [0.4, 0.5) is 5.69 Å². The van der Waals surface area contributed by atoms with Gasteiger partial charge in [-0.25, -0.2) is 4.90 Å². The molecule has 1 aliphatic heterocycles. The second-order valence-corrected chi connectivity index (χ2v) is 6.43. The lowest BCUT2D eigenvalue weighted by Crippen LogP contribution is -2.39. The minimum absolute atomic E-state index is 0.147. The van der Waals surface area contributed by atoms with Gasteiger partial charge in [0.1, 0.15) is 0 Å². The molecule has 3 rings (SSSR count). The smallest absolute Gasteiger partial charge is 0.251 e. The average molecular weight is 363 g/mol. The lowest BCUT2D eigenvalue weighted by atomic mass is 10.1. The van der Waals surface area contributed by atoms with Crippen molar-refractivity contribution in [3.63, 3.8) is 0 Å². The minimum Gasteiger partial charge on any atom is -0.305 e. The Bertz CT molecular complexity index is 765. The molecular formula is C18H16Cl2N2O2. The van der Waals surface area contributed by atoms with Gasteiger partial charge >= 0.3 is 0 Å². The van der Waals surface area contributed by atoms with Gasteiger partial charge in [-0.3, -0.25) is 9.59 Å². The minimum atomic E-state index is -0.504. The zero-order chi connectivity index (χ0) is 17.1. The van der Waals surface area contributed by atoms with Crippen molar-refractivity contribution >= 4 is 40.7 Å². The number of nitrogens with zero attached hydrogens (tertiary/aromatic N) is 1. The van der Waals surface area contributed by atoms with E-state index in [0.29, 0.717) is 22.3 Å². The number of amides is 2. The molecule has 0 unspecified atom stereocenters. The standard InChI is InChI=1S/C18H16Cl2N2O2/c19-14-7-6-13(10-15(14)20)22-17(23)11-16(18(22)24)21-9-8-12-4-2-1-3-5-12/h1-7,10,16,21H,8-9,11H2/t16-/m0/s1. The van der Waals surface area contributed by atoms with Crippen LogP contribution in [0.15, 0.2) is 48.5 Å². The second-order valence-electron chi connectivity index (χ2n) is 5.61. The second kappa shape index (κ2) is 7.34. The maximum Gasteiger partial charge on any atom is 0.251 e. The third kappa shape index (κ3) is 3.61. The summed E-state index contributed by atoms with van der Waals surface area (Å²) in [5.74, 6) is -0.498. The number of imide groups is 1. The molecule has 24 heavy (non-hydrogen) atoms. The van der Waals surface area contributed by atoms with E-state index in [1.54, 1.807) is 12.1 Å². The molecule has 1 saturated heterocycles. The molecule has 0 spiro atoms. The van der Waals surface area contributed by atoms with Crippen LogP contribution in [0, 0.1) is 0 Å². The molecule has 1 aliphatic rings. The monoisotopic (exact) mass is 362 g/mol. The highest BCUT2D eigenvalue weighted by molar-refractivity contribution is 6.42. The van der Waals surface area contributed by atoms with Crippen molar-refractivity contribution in [2.24, 2.45) is 0 Å². The summed E-state index contributed by atoms with van der Waals surface area (Å²) in [6.45, 7) is 0.628. The fourth-order valence-electron chi connectivity index (χ4n) is 2.72. The van der Waals surface area contributed by atoms with Gasteiger partial charge in [0.25, 0.3) is 5.91 Å². The fraction of sp³-hybridized carbons (Fsp3) is 0.222. The fourth-order valence-corrected chi connectivity index (χ4v) is 3.01. The zero-order valence-corrected chi connectivity index (χ0v) is 14.3. The van der Waals surface area contributed by atoms with Crippen LogP contribution in [0.25, 0.3) is 0 Å². The highest BCUT2D eigenvalue weighted by Crippen LogP contribution is 2.30. The molecule has 0 radical (unpaired) electrons. The van der Waals surface area contributed by atoms with E-state index in [1.165, 1.54) is 16.5 Å². The maximum atomic E-state index is 12.5. The van der Waals surface area contributed by atoms with Crippen molar-refractivity contribution in [1.29, 1.82) is 0 Å². The average Bonchev–Trinajstić information content (AvgIpc) is 2.85. The van der Waals surface area contributed by atoms with Gasteiger partial charge in [-0.15, -0.1) is 0 Å². The largest absolute Gasteiger partial charge is 0.305 e. The van der Waals surface area contributed by atoms with E-state index in [2.05, 4.69) is 5.32 Å². The Morgan fingerprint density at radius 3 is 2.50 bits per heavy atom. The maximum absolute atomic E-state index is 12.5. The van der Waals surface area contributed by atoms with Crippen LogP contribution in [-0.4, -0.2) is 24.4 Å². The topological polar surface area (TPSA) is 49.4 Å². The summed E-state index contributed by atoms with van der Waals surface area (Å²) in [4.78, 5) is 25.9. The third-order valence-corrected chi connectivity index (χ3v) is 4.69. The van der Waals surface area contributed by atoms with E-state index in [4.69, 9.17) is 23.2 Å². The summed E-state index contributed by atoms with van der Waals surface area (Å²) in [6.07, 6.45) is 0.944. The predicted molar refractivity (Wildman–Crippen MR) is 95.5 cm³/mol. The molecule has 4 nitrogen and oxygen atoms in total. The summed E-state index contributed by atoms with van der Waals surface area (Å²) in [5, 5.41) is 3.87. The Labute approximate surface area is 150 Å². The quantitative estimate of drug-likeness (QED) is 0.828. The molecule has 1 atom stereocenters. The first-order valence-corrected chi connectivity index (χ1v) is 8.41. The van der Waals surface area contributed by atoms with E-state index in [9.17, 15) is 9.59 Å². The number of hydrogen-bond acceptors (Lipinski definition) is 3. The summed E-state index contributed by atoms with van der Waals surface area (Å²) >= 11 is 11.9. The SMILES string of the molecule is O=C1C[C@H](NCCc2ccccc2)C(=O)N1c1ccc(Cl)c(Cl)c1. The van der Waals surface area contributed by atoms with E-state index >= 15 is 0 Å². The van der Waals surface area contributed by atoms with Gasteiger partial charge in [0.05, 0.1) is 28.2 Å². The molecule has 0 bridgehead atoms. The van der Waals surface area contributed by atoms with Gasteiger partial charge in [0, 0.05) is 0 Å². The highest BCUT2D eigenvalue weighted by Gasteiger charge is 2.39. The Balaban J connectivity index is 1.64. The van der Waals surface area contributed by atoms with Gasteiger partial charge in [-0.1, -0.05) is 53.5 Å². The normalized spacial score (nSPS) is 17.6. The highest BCUT2D eigenvalue weighted by atomic mass is 35.5. The van der Waals surface area contributed by atoms with Crippen LogP contribution in [-0.2, 0) is 16.0 Å². The number of halogens is 2. The molecule has 0 aliphatic carbocycles. The van der Waals surface area contributed by atoms with Crippen molar-refractivity contribution in [3.8, 4) is 0 Å². The van der Waals surface area contributed by atoms with E-state index in [-0.39, 0.29) is 18.2 Å². The Morgan fingerprint density at radius 2 is 1.79 bits per heavy atom. The lowest BCUT2D eigenvalue weighted by Gasteiger charge is -2.16. The summed E-state index contributed by atoms with van der Waals surface area (Å²) in [5.41, 5.74) is 1.63. The van der Waals surface area contributed by atoms with E-state index < -0.39 is 6.04 Å². The Hall–Kier alpha value is -1.88. The predicted octanol–water partition coefficient (Wildman–Crippen LogP) is 3.46. The number of benzene rings is 2. The van der Waals surface area contributed by atoms with Crippen LogP contribution in [0.3, 0.4) is 0 Å². The molecule has 1 heterocycles. The van der Waals surface area contributed by atoms with Gasteiger partial charge in [0.2, 0.25) is 5.91 Å².